The van der Waals surface area contributed by atoms with E-state index in [9.17, 15) is 29.1 Å². The van der Waals surface area contributed by atoms with Crippen LogP contribution >= 0.6 is 0 Å². The molecule has 4 atom stereocenters. The van der Waals surface area contributed by atoms with Gasteiger partial charge in [-0.3, -0.25) is 19.2 Å². The molecule has 0 aromatic carbocycles. The molecule has 0 aliphatic rings. The molecule has 0 aliphatic carbocycles. The number of carboxylic acids is 2. The van der Waals surface area contributed by atoms with E-state index in [1.54, 1.807) is 0 Å². The van der Waals surface area contributed by atoms with Crippen LogP contribution in [0.3, 0.4) is 0 Å². The van der Waals surface area contributed by atoms with Gasteiger partial charge in [0, 0.05) is 24.7 Å². The molecule has 0 fully saturated rings. The Labute approximate surface area is 220 Å². The number of imidazole rings is 1. The molecule has 0 aliphatic heterocycles. The van der Waals surface area contributed by atoms with Crippen LogP contribution in [0, 0.1) is 0 Å². The van der Waals surface area contributed by atoms with Crippen LogP contribution in [-0.4, -0.2) is 87.1 Å². The number of nitrogens with one attached hydrogen (secondary N) is 4. The van der Waals surface area contributed by atoms with Crippen LogP contribution in [0.15, 0.2) is 12.5 Å². The van der Waals surface area contributed by atoms with Crippen LogP contribution < -0.4 is 33.2 Å². The number of carbonyl (C=O) groups excluding carboxylic acids is 3. The van der Waals surface area contributed by atoms with Gasteiger partial charge in [-0.2, -0.15) is 0 Å². The van der Waals surface area contributed by atoms with Gasteiger partial charge in [0.25, 0.3) is 0 Å². The quantitative estimate of drug-likeness (QED) is 0.0811. The molecule has 0 saturated carbocycles. The Morgan fingerprint density at radius 1 is 0.816 bits per heavy atom. The fraction of sp³-hybridized carbons (Fsp3) is 0.652. The van der Waals surface area contributed by atoms with Crippen LogP contribution in [0.25, 0.3) is 0 Å². The Hall–Kier alpha value is -3.56. The molecule has 0 spiro atoms. The minimum Gasteiger partial charge on any atom is -0.481 e. The van der Waals surface area contributed by atoms with Crippen molar-refractivity contribution in [2.24, 2.45) is 17.2 Å². The van der Waals surface area contributed by atoms with E-state index in [2.05, 4.69) is 25.9 Å². The molecule has 214 valence electrons. The van der Waals surface area contributed by atoms with Crippen molar-refractivity contribution in [3.8, 4) is 0 Å². The van der Waals surface area contributed by atoms with Crippen LogP contribution in [0.5, 0.6) is 0 Å². The van der Waals surface area contributed by atoms with Crippen LogP contribution in [0.1, 0.15) is 57.1 Å². The largest absolute Gasteiger partial charge is 0.481 e. The van der Waals surface area contributed by atoms with Gasteiger partial charge in [-0.25, -0.2) is 9.78 Å². The summed E-state index contributed by atoms with van der Waals surface area (Å²) in [4.78, 5) is 68.1. The standard InChI is InChI=1S/C23H40N8O7/c24-9-3-1-5-16(29-20(34)15(26)11-14-12-27-13-28-14)21(35)30-17(7-8-19(32)33)22(36)31-18(23(37)38)6-2-4-10-25/h12-13,15-18H,1-11,24-26H2,(H,27,28)(H,29,34)(H,30,35)(H,31,36)(H,32,33)(H,37,38). The van der Waals surface area contributed by atoms with Crippen molar-refractivity contribution in [1.29, 1.82) is 0 Å². The van der Waals surface area contributed by atoms with Gasteiger partial charge in [0.05, 0.1) is 12.4 Å². The molecule has 4 unspecified atom stereocenters. The summed E-state index contributed by atoms with van der Waals surface area (Å²) in [6.07, 6.45) is 4.74. The van der Waals surface area contributed by atoms with Crippen LogP contribution in [0.2, 0.25) is 0 Å². The van der Waals surface area contributed by atoms with Gasteiger partial charge in [0.2, 0.25) is 17.7 Å². The second-order valence-corrected chi connectivity index (χ2v) is 8.91. The van der Waals surface area contributed by atoms with Crippen molar-refractivity contribution < 1.29 is 34.2 Å². The number of nitrogens with two attached hydrogens (primary N) is 3. The Balaban J connectivity index is 2.96. The van der Waals surface area contributed by atoms with Crippen molar-refractivity contribution in [3.63, 3.8) is 0 Å². The Morgan fingerprint density at radius 3 is 1.84 bits per heavy atom. The third-order valence-corrected chi connectivity index (χ3v) is 5.75. The van der Waals surface area contributed by atoms with Gasteiger partial charge >= 0.3 is 11.9 Å². The van der Waals surface area contributed by atoms with Gasteiger partial charge in [0.15, 0.2) is 0 Å². The average Bonchev–Trinajstić information content (AvgIpc) is 3.37. The summed E-state index contributed by atoms with van der Waals surface area (Å²) < 4.78 is 0. The fourth-order valence-electron chi connectivity index (χ4n) is 3.60. The molecule has 3 amide bonds. The highest BCUT2D eigenvalue weighted by molar-refractivity contribution is 5.94. The van der Waals surface area contributed by atoms with Crippen LogP contribution in [-0.2, 0) is 30.4 Å². The molecule has 1 rings (SSSR count). The number of H-pyrrole nitrogens is 1. The highest BCUT2D eigenvalue weighted by Crippen LogP contribution is 2.07. The van der Waals surface area contributed by atoms with Crippen molar-refractivity contribution >= 4 is 29.7 Å². The molecule has 0 radical (unpaired) electrons. The second-order valence-electron chi connectivity index (χ2n) is 8.91. The van der Waals surface area contributed by atoms with E-state index in [4.69, 9.17) is 22.3 Å². The van der Waals surface area contributed by atoms with Crippen molar-refractivity contribution in [2.45, 2.75) is 82.0 Å². The van der Waals surface area contributed by atoms with Crippen molar-refractivity contribution in [1.82, 2.24) is 25.9 Å². The SMILES string of the molecule is NCCCCC(NC(=O)C(CCC(=O)O)NC(=O)C(CCCCN)NC(=O)C(N)Cc1cnc[nH]1)C(=O)O. The summed E-state index contributed by atoms with van der Waals surface area (Å²) in [5, 5.41) is 26.0. The number of hydrogen-bond donors (Lipinski definition) is 9. The first kappa shape index (κ1) is 32.5. The third-order valence-electron chi connectivity index (χ3n) is 5.75. The molecule has 12 N–H and O–H groups in total. The normalized spacial score (nSPS) is 14.1. The van der Waals surface area contributed by atoms with Gasteiger partial charge in [-0.05, 0) is 58.0 Å². The van der Waals surface area contributed by atoms with Crippen molar-refractivity contribution in [3.05, 3.63) is 18.2 Å². The lowest BCUT2D eigenvalue weighted by Crippen LogP contribution is -2.57. The molecule has 15 nitrogen and oxygen atoms in total. The summed E-state index contributed by atoms with van der Waals surface area (Å²) >= 11 is 0. The van der Waals surface area contributed by atoms with E-state index >= 15 is 0 Å². The minimum atomic E-state index is -1.34. The zero-order valence-electron chi connectivity index (χ0n) is 21.4. The second kappa shape index (κ2) is 17.8. The summed E-state index contributed by atoms with van der Waals surface area (Å²) in [6, 6.07) is -4.65. The maximum atomic E-state index is 13.1. The first-order chi connectivity index (χ1) is 18.1. The van der Waals surface area contributed by atoms with E-state index in [1.807, 2.05) is 0 Å². The Bertz CT molecular complexity index is 896. The maximum Gasteiger partial charge on any atom is 0.326 e. The molecule has 15 heteroatoms. The number of amides is 3. The van der Waals surface area contributed by atoms with Gasteiger partial charge < -0.3 is 48.3 Å². The zero-order chi connectivity index (χ0) is 28.5. The molecular weight excluding hydrogens is 500 g/mol. The van der Waals surface area contributed by atoms with E-state index in [0.29, 0.717) is 44.5 Å². The van der Waals surface area contributed by atoms with E-state index in [0.717, 1.165) is 0 Å². The smallest absolute Gasteiger partial charge is 0.326 e. The monoisotopic (exact) mass is 540 g/mol. The lowest BCUT2D eigenvalue weighted by atomic mass is 10.0. The lowest BCUT2D eigenvalue weighted by Gasteiger charge is -2.25. The van der Waals surface area contributed by atoms with Crippen LogP contribution in [0.4, 0.5) is 0 Å². The number of hydrogen-bond acceptors (Lipinski definition) is 9. The number of aliphatic carboxylic acids is 2. The van der Waals surface area contributed by atoms with E-state index in [-0.39, 0.29) is 25.7 Å². The number of rotatable bonds is 20. The van der Waals surface area contributed by atoms with E-state index < -0.39 is 60.2 Å². The Morgan fingerprint density at radius 2 is 1.34 bits per heavy atom. The number of aromatic nitrogens is 2. The number of aromatic amines is 1. The van der Waals surface area contributed by atoms with Gasteiger partial charge in [-0.1, -0.05) is 0 Å². The molecule has 0 saturated heterocycles. The number of nitrogens with zero attached hydrogens (tertiary/aromatic N) is 1. The molecular formula is C23H40N8O7. The predicted octanol–water partition coefficient (Wildman–Crippen LogP) is -2.06. The highest BCUT2D eigenvalue weighted by atomic mass is 16.4. The topological polar surface area (TPSA) is 269 Å². The van der Waals surface area contributed by atoms with Gasteiger partial charge in [-0.15, -0.1) is 0 Å². The Kier molecular flexibility index (Phi) is 15.2. The summed E-state index contributed by atoms with van der Waals surface area (Å²) in [6.45, 7) is 0.729. The molecule has 1 aromatic heterocycles. The lowest BCUT2D eigenvalue weighted by molar-refractivity contribution is -0.143. The summed E-state index contributed by atoms with van der Waals surface area (Å²) in [5.74, 6) is -4.65. The first-order valence-corrected chi connectivity index (χ1v) is 12.6. The first-order valence-electron chi connectivity index (χ1n) is 12.6. The summed E-state index contributed by atoms with van der Waals surface area (Å²) in [7, 11) is 0. The highest BCUT2D eigenvalue weighted by Gasteiger charge is 2.30. The fourth-order valence-corrected chi connectivity index (χ4v) is 3.60. The maximum absolute atomic E-state index is 13.1. The van der Waals surface area contributed by atoms with Gasteiger partial charge in [0.1, 0.15) is 18.1 Å². The number of carboxylic acid groups (broad SMARTS) is 2. The minimum absolute atomic E-state index is 0.115. The zero-order valence-corrected chi connectivity index (χ0v) is 21.4. The van der Waals surface area contributed by atoms with Crippen molar-refractivity contribution in [2.75, 3.05) is 13.1 Å². The molecule has 1 heterocycles. The van der Waals surface area contributed by atoms with E-state index in [1.165, 1.54) is 12.5 Å². The molecule has 0 bridgehead atoms. The molecule has 38 heavy (non-hydrogen) atoms. The number of carbonyl (C=O) groups is 5. The third kappa shape index (κ3) is 12.6. The number of unbranched alkanes of at least 4 members (excludes halogenated alkanes) is 2. The average molecular weight is 541 g/mol. The summed E-state index contributed by atoms with van der Waals surface area (Å²) in [5.41, 5.74) is 17.6. The predicted molar refractivity (Wildman–Crippen MR) is 136 cm³/mol. The molecule has 1 aromatic rings.